The van der Waals surface area contributed by atoms with Crippen molar-refractivity contribution in [3.8, 4) is 22.6 Å². The van der Waals surface area contributed by atoms with Gasteiger partial charge in [-0.3, -0.25) is 4.98 Å². The van der Waals surface area contributed by atoms with Crippen LogP contribution < -0.4 is 0 Å². The summed E-state index contributed by atoms with van der Waals surface area (Å²) in [5, 5.41) is 18.6. The van der Waals surface area contributed by atoms with Gasteiger partial charge in [0.2, 0.25) is 0 Å². The number of aliphatic hydroxyl groups excluding tert-OH is 1. The molecule has 2 aromatic heterocycles. The Hall–Kier alpha value is -2.57. The smallest absolute Gasteiger partial charge is 0.178 e. The molecule has 0 fully saturated rings. The number of aryl methyl sites for hydroxylation is 1. The maximum atomic E-state index is 13.1. The van der Waals surface area contributed by atoms with Gasteiger partial charge in [0.25, 0.3) is 0 Å². The van der Waals surface area contributed by atoms with Crippen molar-refractivity contribution in [1.29, 1.82) is 0 Å². The van der Waals surface area contributed by atoms with Crippen LogP contribution in [0.5, 0.6) is 0 Å². The fraction of sp³-hybridized carbons (Fsp3) is 0.125. The highest BCUT2D eigenvalue weighted by atomic mass is 19.1. The maximum absolute atomic E-state index is 13.1. The Morgan fingerprint density at radius 3 is 2.50 bits per heavy atom. The monoisotopic (exact) mass is 299 g/mol. The van der Waals surface area contributed by atoms with E-state index in [1.165, 1.54) is 24.4 Å². The van der Waals surface area contributed by atoms with Crippen LogP contribution in [-0.4, -0.2) is 24.7 Å². The van der Waals surface area contributed by atoms with Crippen LogP contribution in [0.25, 0.3) is 22.6 Å². The Morgan fingerprint density at radius 2 is 1.82 bits per heavy atom. The minimum Gasteiger partial charge on any atom is -0.364 e. The van der Waals surface area contributed by atoms with Crippen LogP contribution in [-0.2, 0) is 7.05 Å². The van der Waals surface area contributed by atoms with Crippen molar-refractivity contribution in [2.24, 2.45) is 7.05 Å². The minimum atomic E-state index is -1.57. The molecule has 1 aromatic carbocycles. The van der Waals surface area contributed by atoms with Crippen molar-refractivity contribution in [3.63, 3.8) is 0 Å². The lowest BCUT2D eigenvalue weighted by Crippen LogP contribution is -1.97. The quantitative estimate of drug-likeness (QED) is 0.728. The molecule has 5 nitrogen and oxygen atoms in total. The Labute approximate surface area is 126 Å². The summed E-state index contributed by atoms with van der Waals surface area (Å²) in [4.78, 5) is 8.57. The first-order valence-corrected chi connectivity index (χ1v) is 6.66. The van der Waals surface area contributed by atoms with Gasteiger partial charge in [-0.15, -0.1) is 0 Å². The summed E-state index contributed by atoms with van der Waals surface area (Å²) in [5.74, 6) is -0.309. The second-order valence-corrected chi connectivity index (χ2v) is 4.91. The average Bonchev–Trinajstić information content (AvgIpc) is 2.90. The molecule has 6 heteroatoms. The van der Waals surface area contributed by atoms with Crippen molar-refractivity contribution in [3.05, 3.63) is 60.3 Å². The van der Waals surface area contributed by atoms with Gasteiger partial charge in [0.05, 0.1) is 17.7 Å². The van der Waals surface area contributed by atoms with Crippen LogP contribution in [0.3, 0.4) is 0 Å². The first kappa shape index (κ1) is 14.4. The number of halogens is 1. The fourth-order valence-corrected chi connectivity index (χ4v) is 2.30. The zero-order valence-corrected chi connectivity index (χ0v) is 11.8. The average molecular weight is 299 g/mol. The van der Waals surface area contributed by atoms with Gasteiger partial charge in [0, 0.05) is 24.4 Å². The lowest BCUT2D eigenvalue weighted by atomic mass is 10.1. The molecule has 0 amide bonds. The van der Waals surface area contributed by atoms with Gasteiger partial charge in [-0.25, -0.2) is 9.37 Å². The molecule has 0 atom stereocenters. The number of imidazole rings is 1. The van der Waals surface area contributed by atoms with Gasteiger partial charge >= 0.3 is 0 Å². The minimum absolute atomic E-state index is 0.309. The molecule has 0 saturated heterocycles. The van der Waals surface area contributed by atoms with Crippen molar-refractivity contribution < 1.29 is 14.6 Å². The number of pyridine rings is 1. The molecule has 112 valence electrons. The number of benzene rings is 1. The second-order valence-electron chi connectivity index (χ2n) is 4.91. The Balaban J connectivity index is 2.13. The van der Waals surface area contributed by atoms with Gasteiger partial charge in [-0.2, -0.15) is 0 Å². The summed E-state index contributed by atoms with van der Waals surface area (Å²) in [6, 6.07) is 9.19. The Bertz CT molecular complexity index is 797. The number of rotatable bonds is 3. The van der Waals surface area contributed by atoms with E-state index in [1.807, 2.05) is 11.6 Å². The molecule has 2 heterocycles. The third-order valence-corrected chi connectivity index (χ3v) is 3.38. The molecule has 3 aromatic rings. The maximum Gasteiger partial charge on any atom is 0.178 e. The van der Waals surface area contributed by atoms with Crippen molar-refractivity contribution >= 4 is 0 Å². The Morgan fingerprint density at radius 1 is 1.09 bits per heavy atom. The molecule has 3 rings (SSSR count). The standard InChI is InChI=1S/C16H14FN3O2/c1-20-9-19-14(13-8-11(16(21)22)6-7-18-13)15(20)10-2-4-12(17)5-3-10/h2-9,16,21-22H,1H3. The largest absolute Gasteiger partial charge is 0.364 e. The summed E-state index contributed by atoms with van der Waals surface area (Å²) >= 11 is 0. The topological polar surface area (TPSA) is 71.2 Å². The summed E-state index contributed by atoms with van der Waals surface area (Å²) in [6.45, 7) is 0. The zero-order valence-electron chi connectivity index (χ0n) is 11.8. The van der Waals surface area contributed by atoms with Crippen LogP contribution in [0, 0.1) is 5.82 Å². The number of aliphatic hydroxyl groups is 2. The molecule has 0 radical (unpaired) electrons. The number of aromatic nitrogens is 3. The Kier molecular flexibility index (Phi) is 3.70. The molecule has 0 saturated carbocycles. The normalized spacial score (nSPS) is 11.1. The summed E-state index contributed by atoms with van der Waals surface area (Å²) < 4.78 is 14.9. The lowest BCUT2D eigenvalue weighted by Gasteiger charge is -2.08. The molecule has 0 aliphatic carbocycles. The van der Waals surface area contributed by atoms with E-state index in [2.05, 4.69) is 9.97 Å². The number of nitrogens with zero attached hydrogens (tertiary/aromatic N) is 3. The van der Waals surface area contributed by atoms with Crippen LogP contribution in [0.15, 0.2) is 48.9 Å². The molecule has 0 aliphatic rings. The van der Waals surface area contributed by atoms with E-state index in [9.17, 15) is 14.6 Å². The second kappa shape index (κ2) is 5.67. The lowest BCUT2D eigenvalue weighted by molar-refractivity contribution is -0.0425. The number of hydrogen-bond acceptors (Lipinski definition) is 4. The first-order valence-electron chi connectivity index (χ1n) is 6.66. The first-order chi connectivity index (χ1) is 10.6. The molecule has 2 N–H and O–H groups in total. The molecule has 0 bridgehead atoms. The molecule has 0 unspecified atom stereocenters. The van der Waals surface area contributed by atoms with E-state index in [1.54, 1.807) is 24.5 Å². The highest BCUT2D eigenvalue weighted by Crippen LogP contribution is 2.30. The van der Waals surface area contributed by atoms with E-state index < -0.39 is 6.29 Å². The van der Waals surface area contributed by atoms with Gasteiger partial charge in [-0.1, -0.05) is 0 Å². The van der Waals surface area contributed by atoms with Crippen LogP contribution in [0.1, 0.15) is 11.9 Å². The van der Waals surface area contributed by atoms with Crippen LogP contribution >= 0.6 is 0 Å². The van der Waals surface area contributed by atoms with Crippen LogP contribution in [0.4, 0.5) is 4.39 Å². The molecular weight excluding hydrogens is 285 g/mol. The van der Waals surface area contributed by atoms with Gasteiger partial charge in [-0.05, 0) is 36.4 Å². The highest BCUT2D eigenvalue weighted by Gasteiger charge is 2.15. The summed E-state index contributed by atoms with van der Waals surface area (Å²) in [5.41, 5.74) is 3.02. The van der Waals surface area contributed by atoms with E-state index in [0.717, 1.165) is 11.3 Å². The zero-order chi connectivity index (χ0) is 15.7. The molecular formula is C16H14FN3O2. The third-order valence-electron chi connectivity index (χ3n) is 3.38. The van der Waals surface area contributed by atoms with Gasteiger partial charge in [0.15, 0.2) is 6.29 Å². The fourth-order valence-electron chi connectivity index (χ4n) is 2.30. The van der Waals surface area contributed by atoms with Crippen molar-refractivity contribution in [2.75, 3.05) is 0 Å². The summed E-state index contributed by atoms with van der Waals surface area (Å²) in [7, 11) is 1.83. The van der Waals surface area contributed by atoms with E-state index in [-0.39, 0.29) is 5.82 Å². The highest BCUT2D eigenvalue weighted by molar-refractivity contribution is 5.76. The van der Waals surface area contributed by atoms with E-state index in [0.29, 0.717) is 17.0 Å². The van der Waals surface area contributed by atoms with Crippen molar-refractivity contribution in [2.45, 2.75) is 6.29 Å². The van der Waals surface area contributed by atoms with Gasteiger partial charge in [0.1, 0.15) is 11.5 Å². The molecule has 0 spiro atoms. The SMILES string of the molecule is Cn1cnc(-c2cc(C(O)O)ccn2)c1-c1ccc(F)cc1. The van der Waals surface area contributed by atoms with E-state index >= 15 is 0 Å². The predicted molar refractivity (Wildman–Crippen MR) is 79.0 cm³/mol. The number of hydrogen-bond donors (Lipinski definition) is 2. The van der Waals surface area contributed by atoms with E-state index in [4.69, 9.17) is 0 Å². The predicted octanol–water partition coefficient (Wildman–Crippen LogP) is 2.27. The van der Waals surface area contributed by atoms with Crippen LogP contribution in [0.2, 0.25) is 0 Å². The molecule has 22 heavy (non-hydrogen) atoms. The van der Waals surface area contributed by atoms with Crippen molar-refractivity contribution in [1.82, 2.24) is 14.5 Å². The van der Waals surface area contributed by atoms with Gasteiger partial charge < -0.3 is 14.8 Å². The molecule has 0 aliphatic heterocycles. The summed E-state index contributed by atoms with van der Waals surface area (Å²) in [6.07, 6.45) is 1.56. The third kappa shape index (κ3) is 2.61.